The molecule has 3 aliphatic rings. The molecule has 2 unspecified atom stereocenters. The first-order chi connectivity index (χ1) is 29.0. The van der Waals surface area contributed by atoms with Crippen molar-refractivity contribution in [3.05, 3.63) is 117 Å². The average molecular weight is 810 g/mol. The van der Waals surface area contributed by atoms with E-state index in [2.05, 4.69) is 111 Å². The summed E-state index contributed by atoms with van der Waals surface area (Å²) < 4.78 is 1.69. The Kier molecular flexibility index (Phi) is 12.7. The minimum atomic E-state index is -0.0683. The van der Waals surface area contributed by atoms with E-state index >= 15 is 0 Å². The number of aromatic nitrogens is 4. The number of likely N-dealkylation sites (tertiary alicyclic amines) is 2. The molecular weight excluding hydrogens is 747 g/mol. The predicted octanol–water partition coefficient (Wildman–Crippen LogP) is 7.33. The minimum absolute atomic E-state index is 0.0683. The Labute approximate surface area is 355 Å². The summed E-state index contributed by atoms with van der Waals surface area (Å²) in [6.45, 7) is 17.8. The summed E-state index contributed by atoms with van der Waals surface area (Å²) in [5.41, 5.74) is 16.7. The summed E-state index contributed by atoms with van der Waals surface area (Å²) in [7, 11) is 1.82. The highest BCUT2D eigenvalue weighted by Crippen LogP contribution is 2.33. The number of pyridine rings is 2. The molecule has 1 amide bonds. The second kappa shape index (κ2) is 18.3. The van der Waals surface area contributed by atoms with Gasteiger partial charge in [0.15, 0.2) is 0 Å². The maximum atomic E-state index is 13.7. The fourth-order valence-electron chi connectivity index (χ4n) is 9.92. The number of piperazine rings is 1. The Morgan fingerprint density at radius 2 is 1.72 bits per heavy atom. The number of aryl methyl sites for hydroxylation is 2. The van der Waals surface area contributed by atoms with Crippen molar-refractivity contribution >= 4 is 28.8 Å². The van der Waals surface area contributed by atoms with Crippen LogP contribution in [0.4, 0.5) is 5.82 Å². The third-order valence-electron chi connectivity index (χ3n) is 14.0. The van der Waals surface area contributed by atoms with E-state index in [0.717, 1.165) is 130 Å². The quantitative estimate of drug-likeness (QED) is 0.142. The zero-order valence-electron chi connectivity index (χ0n) is 36.2. The molecule has 11 nitrogen and oxygen atoms in total. The van der Waals surface area contributed by atoms with Crippen LogP contribution in [0.2, 0.25) is 0 Å². The molecule has 8 rings (SSSR count). The lowest BCUT2D eigenvalue weighted by atomic mass is 9.87. The largest absolute Gasteiger partial charge is 0.384 e. The maximum Gasteiger partial charge on any atom is 0.326 e. The van der Waals surface area contributed by atoms with Gasteiger partial charge >= 0.3 is 5.69 Å². The number of piperidine rings is 2. The third-order valence-corrected chi connectivity index (χ3v) is 14.0. The monoisotopic (exact) mass is 810 g/mol. The summed E-state index contributed by atoms with van der Waals surface area (Å²) in [6.07, 6.45) is 11.5. The molecule has 3 aromatic heterocycles. The fourth-order valence-corrected chi connectivity index (χ4v) is 9.92. The Balaban J connectivity index is 0.791. The second-order valence-electron chi connectivity index (χ2n) is 17.7. The highest BCUT2D eigenvalue weighted by Gasteiger charge is 2.31. The van der Waals surface area contributed by atoms with Crippen LogP contribution in [0.3, 0.4) is 0 Å². The number of imidazole rings is 1. The van der Waals surface area contributed by atoms with Crippen molar-refractivity contribution in [1.82, 2.24) is 39.1 Å². The molecule has 0 spiro atoms. The van der Waals surface area contributed by atoms with Crippen LogP contribution in [0.5, 0.6) is 0 Å². The molecule has 316 valence electrons. The number of hydrogen-bond donors (Lipinski definition) is 2. The van der Waals surface area contributed by atoms with Crippen LogP contribution < -0.4 is 11.4 Å². The van der Waals surface area contributed by atoms with Crippen LogP contribution in [-0.4, -0.2) is 109 Å². The number of nitrogens with one attached hydrogen (secondary N) is 1. The molecule has 3 saturated heterocycles. The van der Waals surface area contributed by atoms with Crippen molar-refractivity contribution in [2.24, 2.45) is 13.0 Å². The smallest absolute Gasteiger partial charge is 0.326 e. The zero-order valence-corrected chi connectivity index (χ0v) is 36.2. The molecule has 3 N–H and O–H groups in total. The van der Waals surface area contributed by atoms with Crippen LogP contribution in [-0.2, 0) is 13.6 Å². The lowest BCUT2D eigenvalue weighted by molar-refractivity contribution is 0.0413. The number of amides is 1. The molecular formula is C49H63N9O2. The summed E-state index contributed by atoms with van der Waals surface area (Å²) in [5, 5.41) is 0. The number of anilines is 1. The van der Waals surface area contributed by atoms with Crippen LogP contribution >= 0.6 is 0 Å². The van der Waals surface area contributed by atoms with Gasteiger partial charge in [0, 0.05) is 99.7 Å². The Morgan fingerprint density at radius 3 is 2.43 bits per heavy atom. The number of fused-ring (bicyclic) bond motifs is 1. The number of rotatable bonds is 11. The number of nitrogens with zero attached hydrogens (tertiary/aromatic N) is 7. The topological polar surface area (TPSA) is 120 Å². The average Bonchev–Trinajstić information content (AvgIpc) is 3.56. The number of nitrogens with two attached hydrogens (primary N) is 1. The van der Waals surface area contributed by atoms with Crippen molar-refractivity contribution in [2.45, 2.75) is 84.3 Å². The standard InChI is InChI=1S/C49H63N9O2/c1-6-42-32-55(30-37-7-13-45-46(28-37)54(5)49(60)53-45)25-26-58(42)31-36-16-21-57(22-17-36)48(59)40-10-8-38(9-11-40)39-18-23-56(24-19-39)35(4)33(2)27-44-34(3)51-20-15-43(44)41-12-14-47(50)52-29-41/h7-15,20,27-29,35-36,39,42H,6,16-19,21-26,30-32H2,1-5H3,(H2,50,52)(H,53,60)/b33-27+. The minimum Gasteiger partial charge on any atom is -0.384 e. The van der Waals surface area contributed by atoms with Crippen LogP contribution in [0.1, 0.15) is 91.5 Å². The molecule has 0 aliphatic carbocycles. The Hall–Kier alpha value is -5.10. The van der Waals surface area contributed by atoms with E-state index in [1.165, 1.54) is 16.7 Å². The molecule has 3 fully saturated rings. The van der Waals surface area contributed by atoms with E-state index in [1.54, 1.807) is 4.57 Å². The van der Waals surface area contributed by atoms with E-state index in [9.17, 15) is 9.59 Å². The normalized spacial score (nSPS) is 19.9. The van der Waals surface area contributed by atoms with Crippen LogP contribution in [0, 0.1) is 12.8 Å². The van der Waals surface area contributed by atoms with Gasteiger partial charge in [0.1, 0.15) is 5.82 Å². The van der Waals surface area contributed by atoms with E-state index in [0.29, 0.717) is 29.7 Å². The summed E-state index contributed by atoms with van der Waals surface area (Å²) in [5.74, 6) is 1.81. The predicted molar refractivity (Wildman–Crippen MR) is 243 cm³/mol. The van der Waals surface area contributed by atoms with Gasteiger partial charge in [0.25, 0.3) is 5.91 Å². The van der Waals surface area contributed by atoms with E-state index in [4.69, 9.17) is 5.73 Å². The van der Waals surface area contributed by atoms with Gasteiger partial charge in [-0.3, -0.25) is 29.0 Å². The lowest BCUT2D eigenvalue weighted by Gasteiger charge is -2.44. The molecule has 2 atom stereocenters. The van der Waals surface area contributed by atoms with Gasteiger partial charge in [-0.25, -0.2) is 9.78 Å². The number of carbonyl (C=O) groups excluding carboxylic acids is 1. The first-order valence-electron chi connectivity index (χ1n) is 22.2. The first kappa shape index (κ1) is 41.6. The Bertz CT molecular complexity index is 2350. The Morgan fingerprint density at radius 1 is 0.950 bits per heavy atom. The van der Waals surface area contributed by atoms with E-state index in [1.807, 2.05) is 37.6 Å². The number of carbonyl (C=O) groups is 1. The number of aromatic amines is 1. The van der Waals surface area contributed by atoms with Gasteiger partial charge in [0.05, 0.1) is 11.0 Å². The van der Waals surface area contributed by atoms with Gasteiger partial charge in [-0.1, -0.05) is 36.8 Å². The molecule has 5 aromatic rings. The third kappa shape index (κ3) is 9.13. The van der Waals surface area contributed by atoms with Crippen molar-refractivity contribution in [3.63, 3.8) is 0 Å². The number of nitrogen functional groups attached to an aromatic ring is 1. The SMILES string of the molecule is CCC1CN(Cc2ccc3[nH]c(=O)n(C)c3c2)CCN1CC1CCN(C(=O)c2ccc(C3CCN(C(C)/C(C)=C/c4c(-c5ccc(N)nc5)ccnc4C)CC3)cc2)CC1. The summed E-state index contributed by atoms with van der Waals surface area (Å²) in [6, 6.07) is 21.7. The second-order valence-corrected chi connectivity index (χ2v) is 17.7. The van der Waals surface area contributed by atoms with E-state index < -0.39 is 0 Å². The van der Waals surface area contributed by atoms with Gasteiger partial charge < -0.3 is 15.6 Å². The molecule has 0 bridgehead atoms. The molecule has 6 heterocycles. The number of H-pyrrole nitrogens is 1. The number of hydrogen-bond acceptors (Lipinski definition) is 8. The molecule has 3 aliphatic heterocycles. The van der Waals surface area contributed by atoms with E-state index in [-0.39, 0.29) is 11.6 Å². The van der Waals surface area contributed by atoms with Crippen molar-refractivity contribution < 1.29 is 4.79 Å². The highest BCUT2D eigenvalue weighted by molar-refractivity contribution is 5.94. The lowest BCUT2D eigenvalue weighted by Crippen LogP contribution is -2.54. The molecule has 0 saturated carbocycles. The van der Waals surface area contributed by atoms with Gasteiger partial charge in [-0.15, -0.1) is 0 Å². The molecule has 11 heteroatoms. The highest BCUT2D eigenvalue weighted by atomic mass is 16.2. The first-order valence-corrected chi connectivity index (χ1v) is 22.2. The maximum absolute atomic E-state index is 13.7. The summed E-state index contributed by atoms with van der Waals surface area (Å²) in [4.78, 5) is 47.6. The molecule has 2 aromatic carbocycles. The fraction of sp³-hybridized carbons (Fsp3) is 0.469. The van der Waals surface area contributed by atoms with Gasteiger partial charge in [-0.2, -0.15) is 0 Å². The van der Waals surface area contributed by atoms with Crippen molar-refractivity contribution in [2.75, 3.05) is 58.1 Å². The summed E-state index contributed by atoms with van der Waals surface area (Å²) >= 11 is 0. The molecule has 60 heavy (non-hydrogen) atoms. The number of benzene rings is 2. The zero-order chi connectivity index (χ0) is 41.9. The van der Waals surface area contributed by atoms with Crippen LogP contribution in [0.15, 0.2) is 83.4 Å². The molecule has 0 radical (unpaired) electrons. The van der Waals surface area contributed by atoms with Crippen molar-refractivity contribution in [3.8, 4) is 11.1 Å². The van der Waals surface area contributed by atoms with Gasteiger partial charge in [-0.05, 0) is 137 Å². The van der Waals surface area contributed by atoms with Crippen molar-refractivity contribution in [1.29, 1.82) is 0 Å². The van der Waals surface area contributed by atoms with Crippen LogP contribution in [0.25, 0.3) is 28.2 Å². The van der Waals surface area contributed by atoms with Gasteiger partial charge in [0.2, 0.25) is 0 Å².